The molecule has 0 bridgehead atoms. The van der Waals surface area contributed by atoms with Crippen LogP contribution in [0.25, 0.3) is 10.9 Å². The second kappa shape index (κ2) is 5.22. The van der Waals surface area contributed by atoms with Crippen LogP contribution in [0, 0.1) is 0 Å². The average Bonchev–Trinajstić information content (AvgIpc) is 2.43. The highest BCUT2D eigenvalue weighted by molar-refractivity contribution is 5.80. The van der Waals surface area contributed by atoms with E-state index in [-0.39, 0.29) is 11.7 Å². The first kappa shape index (κ1) is 13.1. The molecule has 0 aliphatic carbocycles. The van der Waals surface area contributed by atoms with Gasteiger partial charge in [0.05, 0.1) is 36.5 Å². The molecule has 6 nitrogen and oxygen atoms in total. The Bertz CT molecular complexity index is 682. The maximum absolute atomic E-state index is 12.4. The Kier molecular flexibility index (Phi) is 3.42. The largest absolute Gasteiger partial charge is 0.399 e. The van der Waals surface area contributed by atoms with E-state index in [1.165, 1.54) is 0 Å². The molecule has 0 spiro atoms. The van der Waals surface area contributed by atoms with Gasteiger partial charge in [-0.2, -0.15) is 0 Å². The summed E-state index contributed by atoms with van der Waals surface area (Å²) in [5.74, 6) is 0. The van der Waals surface area contributed by atoms with E-state index in [9.17, 15) is 4.79 Å². The number of hydrogen-bond donors (Lipinski definition) is 1. The molecule has 1 unspecified atom stereocenters. The Morgan fingerprint density at radius 1 is 1.50 bits per heavy atom. The first-order chi connectivity index (χ1) is 9.63. The highest BCUT2D eigenvalue weighted by atomic mass is 16.5. The number of benzene rings is 1. The Morgan fingerprint density at radius 3 is 3.15 bits per heavy atom. The van der Waals surface area contributed by atoms with Gasteiger partial charge in [-0.3, -0.25) is 9.36 Å². The van der Waals surface area contributed by atoms with Gasteiger partial charge in [-0.15, -0.1) is 0 Å². The van der Waals surface area contributed by atoms with Crippen molar-refractivity contribution in [2.75, 3.05) is 32.5 Å². The fourth-order valence-electron chi connectivity index (χ4n) is 2.50. The Morgan fingerprint density at radius 2 is 2.35 bits per heavy atom. The summed E-state index contributed by atoms with van der Waals surface area (Å²) in [5.41, 5.74) is 6.91. The highest BCUT2D eigenvalue weighted by Crippen LogP contribution is 2.12. The molecule has 0 radical (unpaired) electrons. The van der Waals surface area contributed by atoms with E-state index in [4.69, 9.17) is 10.5 Å². The zero-order valence-electron chi connectivity index (χ0n) is 11.5. The standard InChI is InChI=1S/C14H18N4O2/c1-17-4-5-20-11(7-17)8-18-9-16-13-3-2-10(15)6-12(13)14(18)19/h2-3,6,9,11H,4-5,7-8,15H2,1H3. The highest BCUT2D eigenvalue weighted by Gasteiger charge is 2.19. The van der Waals surface area contributed by atoms with E-state index >= 15 is 0 Å². The second-order valence-corrected chi connectivity index (χ2v) is 5.23. The Labute approximate surface area is 116 Å². The zero-order chi connectivity index (χ0) is 14.1. The number of ether oxygens (including phenoxy) is 1. The van der Waals surface area contributed by atoms with E-state index in [0.717, 1.165) is 13.1 Å². The van der Waals surface area contributed by atoms with Gasteiger partial charge in [0.2, 0.25) is 0 Å². The predicted octanol–water partition coefficient (Wildman–Crippen LogP) is 0.309. The van der Waals surface area contributed by atoms with E-state index in [0.29, 0.717) is 29.7 Å². The third kappa shape index (κ3) is 2.52. The van der Waals surface area contributed by atoms with Crippen molar-refractivity contribution in [1.82, 2.24) is 14.5 Å². The summed E-state index contributed by atoms with van der Waals surface area (Å²) in [6.45, 7) is 2.96. The first-order valence-corrected chi connectivity index (χ1v) is 6.68. The van der Waals surface area contributed by atoms with Crippen LogP contribution >= 0.6 is 0 Å². The molecule has 1 saturated heterocycles. The summed E-state index contributed by atoms with van der Waals surface area (Å²) >= 11 is 0. The Balaban J connectivity index is 1.92. The minimum Gasteiger partial charge on any atom is -0.399 e. The Hall–Kier alpha value is -1.92. The van der Waals surface area contributed by atoms with E-state index < -0.39 is 0 Å². The van der Waals surface area contributed by atoms with Gasteiger partial charge < -0.3 is 15.4 Å². The van der Waals surface area contributed by atoms with Gasteiger partial charge in [-0.1, -0.05) is 0 Å². The molecule has 1 aromatic carbocycles. The lowest BCUT2D eigenvalue weighted by atomic mass is 10.2. The SMILES string of the molecule is CN1CCOC(Cn2cnc3ccc(N)cc3c2=O)C1. The van der Waals surface area contributed by atoms with Crippen molar-refractivity contribution in [3.05, 3.63) is 34.9 Å². The number of morpholine rings is 1. The van der Waals surface area contributed by atoms with Gasteiger partial charge in [0.1, 0.15) is 0 Å². The maximum atomic E-state index is 12.4. The summed E-state index contributed by atoms with van der Waals surface area (Å²) in [7, 11) is 2.05. The number of anilines is 1. The molecular formula is C14H18N4O2. The van der Waals surface area contributed by atoms with Crippen LogP contribution in [0.4, 0.5) is 5.69 Å². The van der Waals surface area contributed by atoms with Crippen molar-refractivity contribution in [1.29, 1.82) is 0 Å². The van der Waals surface area contributed by atoms with Crippen molar-refractivity contribution < 1.29 is 4.74 Å². The molecule has 20 heavy (non-hydrogen) atoms. The molecule has 2 N–H and O–H groups in total. The molecule has 1 atom stereocenters. The van der Waals surface area contributed by atoms with Crippen LogP contribution in [0.15, 0.2) is 29.3 Å². The predicted molar refractivity (Wildman–Crippen MR) is 77.7 cm³/mol. The van der Waals surface area contributed by atoms with Gasteiger partial charge in [0.15, 0.2) is 0 Å². The number of aromatic nitrogens is 2. The number of fused-ring (bicyclic) bond motifs is 1. The van der Waals surface area contributed by atoms with Crippen molar-refractivity contribution in [3.63, 3.8) is 0 Å². The van der Waals surface area contributed by atoms with Gasteiger partial charge in [0, 0.05) is 18.8 Å². The fourth-order valence-corrected chi connectivity index (χ4v) is 2.50. The van der Waals surface area contributed by atoms with Gasteiger partial charge in [-0.05, 0) is 25.2 Å². The number of nitrogens with zero attached hydrogens (tertiary/aromatic N) is 3. The van der Waals surface area contributed by atoms with E-state index in [2.05, 4.69) is 16.9 Å². The van der Waals surface area contributed by atoms with Crippen molar-refractivity contribution in [2.45, 2.75) is 12.6 Å². The number of rotatable bonds is 2. The van der Waals surface area contributed by atoms with Crippen molar-refractivity contribution in [3.8, 4) is 0 Å². The molecule has 1 aromatic heterocycles. The smallest absolute Gasteiger partial charge is 0.261 e. The lowest BCUT2D eigenvalue weighted by molar-refractivity contribution is -0.0279. The summed E-state index contributed by atoms with van der Waals surface area (Å²) in [5, 5.41) is 0.552. The van der Waals surface area contributed by atoms with Crippen molar-refractivity contribution >= 4 is 16.6 Å². The fraction of sp³-hybridized carbons (Fsp3) is 0.429. The maximum Gasteiger partial charge on any atom is 0.261 e. The van der Waals surface area contributed by atoms with Crippen molar-refractivity contribution in [2.24, 2.45) is 0 Å². The quantitative estimate of drug-likeness (QED) is 0.798. The summed E-state index contributed by atoms with van der Waals surface area (Å²) < 4.78 is 7.29. The topological polar surface area (TPSA) is 73.4 Å². The minimum atomic E-state index is -0.0703. The summed E-state index contributed by atoms with van der Waals surface area (Å²) in [6, 6.07) is 5.19. The normalized spacial score (nSPS) is 20.4. The number of likely N-dealkylation sites (N-methyl/N-ethyl adjacent to an activating group) is 1. The van der Waals surface area contributed by atoms with Gasteiger partial charge >= 0.3 is 0 Å². The summed E-state index contributed by atoms with van der Waals surface area (Å²) in [6.07, 6.45) is 1.60. The molecular weight excluding hydrogens is 256 g/mol. The van der Waals surface area contributed by atoms with E-state index in [1.54, 1.807) is 29.1 Å². The molecule has 2 heterocycles. The molecule has 0 saturated carbocycles. The third-order valence-electron chi connectivity index (χ3n) is 3.59. The van der Waals surface area contributed by atoms with Crippen LogP contribution in [0.3, 0.4) is 0 Å². The van der Waals surface area contributed by atoms with Crippen LogP contribution in [0.2, 0.25) is 0 Å². The molecule has 106 valence electrons. The van der Waals surface area contributed by atoms with Crippen LogP contribution in [0.5, 0.6) is 0 Å². The van der Waals surface area contributed by atoms with Crippen LogP contribution in [0.1, 0.15) is 0 Å². The zero-order valence-corrected chi connectivity index (χ0v) is 11.5. The average molecular weight is 274 g/mol. The lowest BCUT2D eigenvalue weighted by Crippen LogP contribution is -2.43. The number of nitrogens with two attached hydrogens (primary N) is 1. The van der Waals surface area contributed by atoms with Gasteiger partial charge in [-0.25, -0.2) is 4.98 Å². The molecule has 6 heteroatoms. The second-order valence-electron chi connectivity index (χ2n) is 5.23. The summed E-state index contributed by atoms with van der Waals surface area (Å²) in [4.78, 5) is 18.9. The molecule has 2 aromatic rings. The lowest BCUT2D eigenvalue weighted by Gasteiger charge is -2.30. The number of nitrogen functional groups attached to an aromatic ring is 1. The van der Waals surface area contributed by atoms with Gasteiger partial charge in [0.25, 0.3) is 5.56 Å². The third-order valence-corrected chi connectivity index (χ3v) is 3.59. The molecule has 0 amide bonds. The van der Waals surface area contributed by atoms with Crippen LogP contribution < -0.4 is 11.3 Å². The van der Waals surface area contributed by atoms with Crippen LogP contribution in [-0.4, -0.2) is 47.3 Å². The molecule has 1 aliphatic rings. The minimum absolute atomic E-state index is 0.0201. The molecule has 1 aliphatic heterocycles. The monoisotopic (exact) mass is 274 g/mol. The number of hydrogen-bond acceptors (Lipinski definition) is 5. The molecule has 1 fully saturated rings. The first-order valence-electron chi connectivity index (χ1n) is 6.68. The van der Waals surface area contributed by atoms with E-state index in [1.807, 2.05) is 0 Å². The van der Waals surface area contributed by atoms with Crippen LogP contribution in [-0.2, 0) is 11.3 Å². The molecule has 3 rings (SSSR count).